The van der Waals surface area contributed by atoms with Gasteiger partial charge in [0.1, 0.15) is 0 Å². The summed E-state index contributed by atoms with van der Waals surface area (Å²) in [4.78, 5) is 13.7. The van der Waals surface area contributed by atoms with Crippen molar-refractivity contribution in [2.75, 3.05) is 18.5 Å². The van der Waals surface area contributed by atoms with Crippen LogP contribution in [0.3, 0.4) is 0 Å². The molecule has 102 valence electrons. The number of likely N-dealkylation sites (N-methyl/N-ethyl adjacent to an activating group) is 1. The number of ether oxygens (including phenoxy) is 1. The molecule has 0 aliphatic heterocycles. The minimum atomic E-state index is -0.854. The number of aliphatic hydroxyl groups is 1. The first kappa shape index (κ1) is 14.9. The van der Waals surface area contributed by atoms with Gasteiger partial charge in [-0.3, -0.25) is 0 Å². The Labute approximate surface area is 112 Å². The molecule has 1 rings (SSSR count). The van der Waals surface area contributed by atoms with Crippen LogP contribution in [0.4, 0.5) is 5.95 Å². The van der Waals surface area contributed by atoms with Crippen molar-refractivity contribution in [1.29, 1.82) is 0 Å². The zero-order valence-corrected chi connectivity index (χ0v) is 12.1. The van der Waals surface area contributed by atoms with Crippen molar-refractivity contribution in [3.05, 3.63) is 5.28 Å². The summed E-state index contributed by atoms with van der Waals surface area (Å²) in [7, 11) is 1.77. The molecule has 7 heteroatoms. The summed E-state index contributed by atoms with van der Waals surface area (Å²) in [5.74, 6) is 0.368. The highest BCUT2D eigenvalue weighted by atomic mass is 35.5. The highest BCUT2D eigenvalue weighted by molar-refractivity contribution is 6.28. The summed E-state index contributed by atoms with van der Waals surface area (Å²) in [6, 6.07) is 0.183. The van der Waals surface area contributed by atoms with Crippen molar-refractivity contribution in [2.45, 2.75) is 39.4 Å². The van der Waals surface area contributed by atoms with Crippen LogP contribution in [0, 0.1) is 0 Å². The van der Waals surface area contributed by atoms with E-state index in [1.165, 1.54) is 0 Å². The lowest BCUT2D eigenvalue weighted by molar-refractivity contribution is 0.0882. The van der Waals surface area contributed by atoms with Crippen molar-refractivity contribution >= 4 is 17.5 Å². The van der Waals surface area contributed by atoms with Gasteiger partial charge in [0, 0.05) is 13.6 Å². The first-order chi connectivity index (χ1) is 8.17. The summed E-state index contributed by atoms with van der Waals surface area (Å²) in [5.41, 5.74) is -0.854. The Balaban J connectivity index is 2.91. The van der Waals surface area contributed by atoms with E-state index in [-0.39, 0.29) is 17.4 Å². The van der Waals surface area contributed by atoms with Crippen molar-refractivity contribution in [1.82, 2.24) is 15.0 Å². The first-order valence-electron chi connectivity index (χ1n) is 5.69. The van der Waals surface area contributed by atoms with Gasteiger partial charge in [0.15, 0.2) is 0 Å². The zero-order valence-electron chi connectivity index (χ0n) is 11.3. The third kappa shape index (κ3) is 5.01. The standard InChI is InChI=1S/C11H19ClN4O2/c1-7(2)18-10-14-8(12)13-9(15-10)16(5)6-11(3,4)17/h7,17H,6H2,1-5H3. The van der Waals surface area contributed by atoms with Gasteiger partial charge < -0.3 is 14.7 Å². The molecule has 0 spiro atoms. The van der Waals surface area contributed by atoms with Crippen LogP contribution in [0.25, 0.3) is 0 Å². The van der Waals surface area contributed by atoms with Gasteiger partial charge in [-0.2, -0.15) is 15.0 Å². The molecular formula is C11H19ClN4O2. The summed E-state index contributed by atoms with van der Waals surface area (Å²) >= 11 is 5.82. The average Bonchev–Trinajstić information content (AvgIpc) is 2.12. The van der Waals surface area contributed by atoms with E-state index >= 15 is 0 Å². The fourth-order valence-corrected chi connectivity index (χ4v) is 1.56. The normalized spacial score (nSPS) is 11.8. The smallest absolute Gasteiger partial charge is 0.322 e. The number of anilines is 1. The van der Waals surface area contributed by atoms with Crippen LogP contribution >= 0.6 is 11.6 Å². The number of nitrogens with zero attached hydrogens (tertiary/aromatic N) is 4. The fraction of sp³-hybridized carbons (Fsp3) is 0.727. The Morgan fingerprint density at radius 2 is 1.94 bits per heavy atom. The molecule has 0 unspecified atom stereocenters. The number of aromatic nitrogens is 3. The molecule has 0 bridgehead atoms. The summed E-state index contributed by atoms with van der Waals surface area (Å²) in [5, 5.41) is 9.82. The van der Waals surface area contributed by atoms with Crippen LogP contribution in [-0.2, 0) is 0 Å². The van der Waals surface area contributed by atoms with Crippen LogP contribution in [-0.4, -0.2) is 45.4 Å². The number of rotatable bonds is 5. The number of hydrogen-bond donors (Lipinski definition) is 1. The molecule has 18 heavy (non-hydrogen) atoms. The van der Waals surface area contributed by atoms with Gasteiger partial charge in [0.05, 0.1) is 11.7 Å². The minimum absolute atomic E-state index is 0.0455. The molecule has 6 nitrogen and oxygen atoms in total. The molecule has 1 N–H and O–H groups in total. The van der Waals surface area contributed by atoms with Crippen LogP contribution in [0.15, 0.2) is 0 Å². The largest absolute Gasteiger partial charge is 0.461 e. The van der Waals surface area contributed by atoms with Gasteiger partial charge in [-0.15, -0.1) is 0 Å². The summed E-state index contributed by atoms with van der Waals surface area (Å²) < 4.78 is 5.38. The monoisotopic (exact) mass is 274 g/mol. The molecule has 0 aromatic carbocycles. The first-order valence-corrected chi connectivity index (χ1v) is 6.07. The van der Waals surface area contributed by atoms with Crippen molar-refractivity contribution in [3.8, 4) is 6.01 Å². The lowest BCUT2D eigenvalue weighted by Gasteiger charge is -2.25. The molecule has 0 aliphatic carbocycles. The summed E-state index contributed by atoms with van der Waals surface area (Å²) in [6.07, 6.45) is -0.0455. The Bertz CT molecular complexity index is 407. The molecule has 0 amide bonds. The van der Waals surface area contributed by atoms with Crippen LogP contribution in [0.1, 0.15) is 27.7 Å². The van der Waals surface area contributed by atoms with Crippen molar-refractivity contribution in [2.24, 2.45) is 0 Å². The molecule has 0 fully saturated rings. The van der Waals surface area contributed by atoms with Gasteiger partial charge in [-0.05, 0) is 39.3 Å². The Morgan fingerprint density at radius 3 is 2.44 bits per heavy atom. The minimum Gasteiger partial charge on any atom is -0.461 e. The Morgan fingerprint density at radius 1 is 1.33 bits per heavy atom. The van der Waals surface area contributed by atoms with E-state index in [2.05, 4.69) is 15.0 Å². The SMILES string of the molecule is CC(C)Oc1nc(Cl)nc(N(C)CC(C)(C)O)n1. The maximum atomic E-state index is 9.76. The van der Waals surface area contributed by atoms with Gasteiger partial charge in [-0.1, -0.05) is 0 Å². The zero-order chi connectivity index (χ0) is 13.9. The average molecular weight is 275 g/mol. The predicted octanol–water partition coefficient (Wildman–Crippen LogP) is 1.52. The van der Waals surface area contributed by atoms with E-state index in [0.717, 1.165) is 0 Å². The number of hydrogen-bond acceptors (Lipinski definition) is 6. The van der Waals surface area contributed by atoms with E-state index in [0.29, 0.717) is 12.5 Å². The van der Waals surface area contributed by atoms with E-state index in [1.54, 1.807) is 25.8 Å². The van der Waals surface area contributed by atoms with E-state index in [1.807, 2.05) is 13.8 Å². The van der Waals surface area contributed by atoms with Gasteiger partial charge in [0.25, 0.3) is 0 Å². The molecule has 0 saturated heterocycles. The molecule has 1 aromatic rings. The van der Waals surface area contributed by atoms with Gasteiger partial charge >= 0.3 is 6.01 Å². The third-order valence-corrected chi connectivity index (χ3v) is 2.05. The molecule has 0 aliphatic rings. The molecular weight excluding hydrogens is 256 g/mol. The maximum Gasteiger partial charge on any atom is 0.322 e. The summed E-state index contributed by atoms with van der Waals surface area (Å²) in [6.45, 7) is 7.53. The molecule has 0 atom stereocenters. The van der Waals surface area contributed by atoms with Crippen LogP contribution in [0.5, 0.6) is 6.01 Å². The molecule has 1 aromatic heterocycles. The molecule has 0 radical (unpaired) electrons. The second-order valence-corrected chi connectivity index (χ2v) is 5.36. The van der Waals surface area contributed by atoms with Crippen molar-refractivity contribution < 1.29 is 9.84 Å². The highest BCUT2D eigenvalue weighted by Gasteiger charge is 2.19. The van der Waals surface area contributed by atoms with Crippen LogP contribution in [0.2, 0.25) is 5.28 Å². The van der Waals surface area contributed by atoms with E-state index in [9.17, 15) is 5.11 Å². The predicted molar refractivity (Wildman–Crippen MR) is 70.2 cm³/mol. The molecule has 1 heterocycles. The lowest BCUT2D eigenvalue weighted by Crippen LogP contribution is -2.37. The third-order valence-electron chi connectivity index (χ3n) is 1.88. The molecule has 0 saturated carbocycles. The Hall–Kier alpha value is -1.14. The van der Waals surface area contributed by atoms with Crippen molar-refractivity contribution in [3.63, 3.8) is 0 Å². The Kier molecular flexibility index (Phi) is 4.70. The fourth-order valence-electron chi connectivity index (χ4n) is 1.41. The van der Waals surface area contributed by atoms with Gasteiger partial charge in [-0.25, -0.2) is 0 Å². The quantitative estimate of drug-likeness (QED) is 0.878. The second-order valence-electron chi connectivity index (χ2n) is 5.02. The van der Waals surface area contributed by atoms with Crippen LogP contribution < -0.4 is 9.64 Å². The highest BCUT2D eigenvalue weighted by Crippen LogP contribution is 2.16. The number of halogens is 1. The topological polar surface area (TPSA) is 71.4 Å². The van der Waals surface area contributed by atoms with E-state index in [4.69, 9.17) is 16.3 Å². The van der Waals surface area contributed by atoms with E-state index < -0.39 is 5.60 Å². The second kappa shape index (κ2) is 5.67. The van der Waals surface area contributed by atoms with Gasteiger partial charge in [0.2, 0.25) is 11.2 Å². The maximum absolute atomic E-state index is 9.76. The lowest BCUT2D eigenvalue weighted by atomic mass is 10.1.